The molecule has 2 fully saturated rings. The first-order valence-corrected chi connectivity index (χ1v) is 10.4. The number of carboxylic acid groups (broad SMARTS) is 1. The second-order valence-electron chi connectivity index (χ2n) is 7.10. The van der Waals surface area contributed by atoms with Gasteiger partial charge in [0.15, 0.2) is 0 Å². The molecule has 3 rings (SSSR count). The van der Waals surface area contributed by atoms with Crippen LogP contribution in [0.3, 0.4) is 0 Å². The summed E-state index contributed by atoms with van der Waals surface area (Å²) in [7, 11) is -3.46. The molecule has 2 N–H and O–H groups in total. The fourth-order valence-corrected chi connectivity index (χ4v) is 4.65. The van der Waals surface area contributed by atoms with Gasteiger partial charge >= 0.3 is 5.97 Å². The number of aryl methyl sites for hydroxylation is 1. The molecule has 1 aromatic carbocycles. The minimum atomic E-state index is -3.46. The highest BCUT2D eigenvalue weighted by molar-refractivity contribution is 7.89. The molecule has 7 nitrogen and oxygen atoms in total. The number of carbonyl (C=O) groups is 2. The lowest BCUT2D eigenvalue weighted by Crippen LogP contribution is -2.37. The van der Waals surface area contributed by atoms with Gasteiger partial charge in [0.25, 0.3) is 0 Å². The zero-order valence-electron chi connectivity index (χ0n) is 14.7. The van der Waals surface area contributed by atoms with E-state index in [0.717, 1.165) is 18.4 Å². The number of likely N-dealkylation sites (tertiary alicyclic amines) is 1. The highest BCUT2D eigenvalue weighted by Crippen LogP contribution is 2.25. The van der Waals surface area contributed by atoms with E-state index in [9.17, 15) is 18.0 Å². The summed E-state index contributed by atoms with van der Waals surface area (Å²) in [6, 6.07) is 6.34. The molecule has 1 aromatic rings. The van der Waals surface area contributed by atoms with Crippen LogP contribution in [0.5, 0.6) is 0 Å². The third kappa shape index (κ3) is 4.24. The molecule has 2 aliphatic rings. The topological polar surface area (TPSA) is 104 Å². The number of sulfonamides is 1. The van der Waals surface area contributed by atoms with Crippen molar-refractivity contribution >= 4 is 21.9 Å². The van der Waals surface area contributed by atoms with Crippen LogP contribution in [0.15, 0.2) is 29.2 Å². The monoisotopic (exact) mass is 380 g/mol. The van der Waals surface area contributed by atoms with Crippen molar-refractivity contribution in [3.63, 3.8) is 0 Å². The Hall–Kier alpha value is -1.93. The highest BCUT2D eigenvalue weighted by Gasteiger charge is 2.37. The van der Waals surface area contributed by atoms with Crippen molar-refractivity contribution in [2.45, 2.75) is 56.0 Å². The van der Waals surface area contributed by atoms with Gasteiger partial charge in [0.1, 0.15) is 0 Å². The van der Waals surface area contributed by atoms with Gasteiger partial charge in [0.2, 0.25) is 15.9 Å². The minimum Gasteiger partial charge on any atom is -0.481 e. The minimum absolute atomic E-state index is 0.0617. The molecule has 1 heterocycles. The molecule has 1 aliphatic heterocycles. The number of benzene rings is 1. The van der Waals surface area contributed by atoms with Crippen molar-refractivity contribution in [3.05, 3.63) is 29.8 Å². The van der Waals surface area contributed by atoms with Gasteiger partial charge in [-0.2, -0.15) is 0 Å². The van der Waals surface area contributed by atoms with Gasteiger partial charge < -0.3 is 10.0 Å². The first kappa shape index (κ1) is 18.8. The Bertz CT molecular complexity index is 786. The number of rotatable bonds is 7. The van der Waals surface area contributed by atoms with Gasteiger partial charge in [-0.25, -0.2) is 13.1 Å². The predicted octanol–water partition coefficient (Wildman–Crippen LogP) is 1.38. The zero-order chi connectivity index (χ0) is 18.9. The maximum Gasteiger partial charge on any atom is 0.308 e. The average Bonchev–Trinajstić information content (AvgIpc) is 3.30. The van der Waals surface area contributed by atoms with E-state index in [1.807, 2.05) is 0 Å². The lowest BCUT2D eigenvalue weighted by atomic mass is 10.0. The van der Waals surface area contributed by atoms with Crippen molar-refractivity contribution in [1.82, 2.24) is 9.62 Å². The number of amides is 1. The molecule has 0 aromatic heterocycles. The zero-order valence-corrected chi connectivity index (χ0v) is 15.5. The van der Waals surface area contributed by atoms with E-state index < -0.39 is 21.9 Å². The number of nitrogens with one attached hydrogen (secondary N) is 1. The first-order chi connectivity index (χ1) is 12.3. The van der Waals surface area contributed by atoms with Gasteiger partial charge in [-0.1, -0.05) is 12.1 Å². The third-order valence-electron chi connectivity index (χ3n) is 5.15. The summed E-state index contributed by atoms with van der Waals surface area (Å²) in [5, 5.41) is 9.15. The maximum atomic E-state index is 12.4. The van der Waals surface area contributed by atoms with Gasteiger partial charge in [-0.15, -0.1) is 0 Å². The molecule has 26 heavy (non-hydrogen) atoms. The normalized spacial score (nSPS) is 23.2. The van der Waals surface area contributed by atoms with Crippen molar-refractivity contribution in [2.24, 2.45) is 5.92 Å². The quantitative estimate of drug-likeness (QED) is 0.744. The van der Waals surface area contributed by atoms with Gasteiger partial charge in [-0.3, -0.25) is 9.59 Å². The standard InChI is InChI=1S/C18H24N2O5S/c1-12-16(18(22)23)10-11-20(12)17(21)9-4-13-2-7-15(8-3-13)26(24,25)19-14-5-6-14/h2-3,7-8,12,14,16,19H,4-6,9-11H2,1H3,(H,22,23). The lowest BCUT2D eigenvalue weighted by Gasteiger charge is -2.23. The van der Waals surface area contributed by atoms with Crippen molar-refractivity contribution in [1.29, 1.82) is 0 Å². The number of aliphatic carboxylic acids is 1. The number of nitrogens with zero attached hydrogens (tertiary/aromatic N) is 1. The second-order valence-corrected chi connectivity index (χ2v) is 8.81. The lowest BCUT2D eigenvalue weighted by molar-refractivity contribution is -0.143. The van der Waals surface area contributed by atoms with E-state index >= 15 is 0 Å². The van der Waals surface area contributed by atoms with E-state index in [2.05, 4.69) is 4.72 Å². The van der Waals surface area contributed by atoms with Crippen molar-refractivity contribution in [3.8, 4) is 0 Å². The first-order valence-electron chi connectivity index (χ1n) is 8.91. The molecule has 2 atom stereocenters. The molecular weight excluding hydrogens is 356 g/mol. The molecule has 1 saturated carbocycles. The predicted molar refractivity (Wildman–Crippen MR) is 95.0 cm³/mol. The number of carboxylic acids is 1. The average molecular weight is 380 g/mol. The van der Waals surface area contributed by atoms with E-state index in [0.29, 0.717) is 19.4 Å². The Labute approximate surface area is 153 Å². The third-order valence-corrected chi connectivity index (χ3v) is 6.69. The van der Waals surface area contributed by atoms with Gasteiger partial charge in [0, 0.05) is 25.0 Å². The Kier molecular flexibility index (Phi) is 5.34. The van der Waals surface area contributed by atoms with Crippen LogP contribution in [0, 0.1) is 5.92 Å². The summed E-state index contributed by atoms with van der Waals surface area (Å²) in [6.45, 7) is 2.25. The van der Waals surface area contributed by atoms with E-state index in [1.165, 1.54) is 0 Å². The molecule has 0 spiro atoms. The molecule has 0 radical (unpaired) electrons. The van der Waals surface area contributed by atoms with Crippen LogP contribution in [0.1, 0.15) is 38.2 Å². The van der Waals surface area contributed by atoms with Crippen LogP contribution in [0.2, 0.25) is 0 Å². The molecule has 1 amide bonds. The molecular formula is C18H24N2O5S. The number of hydrogen-bond acceptors (Lipinski definition) is 4. The molecule has 2 unspecified atom stereocenters. The molecule has 0 bridgehead atoms. The number of carbonyl (C=O) groups excluding carboxylic acids is 1. The van der Waals surface area contributed by atoms with Crippen LogP contribution in [-0.2, 0) is 26.0 Å². The smallest absolute Gasteiger partial charge is 0.308 e. The molecule has 8 heteroatoms. The van der Waals surface area contributed by atoms with Crippen LogP contribution in [0.25, 0.3) is 0 Å². The largest absolute Gasteiger partial charge is 0.481 e. The summed E-state index contributed by atoms with van der Waals surface area (Å²) < 4.78 is 26.9. The van der Waals surface area contributed by atoms with Crippen LogP contribution < -0.4 is 4.72 Å². The highest BCUT2D eigenvalue weighted by atomic mass is 32.2. The molecule has 1 aliphatic carbocycles. The molecule has 142 valence electrons. The number of hydrogen-bond donors (Lipinski definition) is 2. The Morgan fingerprint density at radius 1 is 1.19 bits per heavy atom. The van der Waals surface area contributed by atoms with Gasteiger partial charge in [-0.05, 0) is 50.3 Å². The SMILES string of the molecule is CC1C(C(=O)O)CCN1C(=O)CCc1ccc(S(=O)(=O)NC2CC2)cc1. The second kappa shape index (κ2) is 7.36. The van der Waals surface area contributed by atoms with E-state index in [1.54, 1.807) is 36.1 Å². The van der Waals surface area contributed by atoms with E-state index in [4.69, 9.17) is 5.11 Å². The molecule has 1 saturated heterocycles. The Morgan fingerprint density at radius 3 is 2.38 bits per heavy atom. The summed E-state index contributed by atoms with van der Waals surface area (Å²) >= 11 is 0. The van der Waals surface area contributed by atoms with Crippen molar-refractivity contribution < 1.29 is 23.1 Å². The maximum absolute atomic E-state index is 12.4. The summed E-state index contributed by atoms with van der Waals surface area (Å²) in [4.78, 5) is 25.4. The Morgan fingerprint density at radius 2 is 1.85 bits per heavy atom. The van der Waals surface area contributed by atoms with Crippen LogP contribution in [-0.4, -0.2) is 48.9 Å². The van der Waals surface area contributed by atoms with Crippen LogP contribution >= 0.6 is 0 Å². The van der Waals surface area contributed by atoms with Gasteiger partial charge in [0.05, 0.1) is 10.8 Å². The fraction of sp³-hybridized carbons (Fsp3) is 0.556. The fourth-order valence-electron chi connectivity index (χ4n) is 3.34. The van der Waals surface area contributed by atoms with Crippen molar-refractivity contribution in [2.75, 3.05) is 6.54 Å². The van der Waals surface area contributed by atoms with Crippen LogP contribution in [0.4, 0.5) is 0 Å². The van der Waals surface area contributed by atoms with E-state index in [-0.39, 0.29) is 29.3 Å². The summed E-state index contributed by atoms with van der Waals surface area (Å²) in [5.74, 6) is -1.42. The summed E-state index contributed by atoms with van der Waals surface area (Å²) in [5.41, 5.74) is 0.880. The summed E-state index contributed by atoms with van der Waals surface area (Å²) in [6.07, 6.45) is 3.04. The Balaban J connectivity index is 1.55.